The number of amides is 2. The lowest BCUT2D eigenvalue weighted by Crippen LogP contribution is -2.50. The monoisotopic (exact) mass is 466 g/mol. The number of carbonyl (C=O) groups excluding carboxylic acids is 2. The van der Waals surface area contributed by atoms with Gasteiger partial charge in [-0.3, -0.25) is 9.59 Å². The van der Waals surface area contributed by atoms with Gasteiger partial charge in [0.15, 0.2) is 4.87 Å². The molecule has 3 aromatic carbocycles. The average molecular weight is 467 g/mol. The summed E-state index contributed by atoms with van der Waals surface area (Å²) in [5.41, 5.74) is 1.93. The van der Waals surface area contributed by atoms with Gasteiger partial charge >= 0.3 is 0 Å². The molecule has 8 heteroatoms. The molecule has 2 aliphatic rings. The number of hydrogen-bond donors (Lipinski definition) is 0. The summed E-state index contributed by atoms with van der Waals surface area (Å²) in [4.78, 5) is 29.3. The molecule has 0 radical (unpaired) electrons. The molecule has 2 amide bonds. The highest BCUT2D eigenvalue weighted by Gasteiger charge is 2.59. The van der Waals surface area contributed by atoms with Gasteiger partial charge in [-0.2, -0.15) is 0 Å². The third-order valence-electron chi connectivity index (χ3n) is 6.01. The number of methoxy groups -OCH3 is 1. The van der Waals surface area contributed by atoms with Crippen molar-refractivity contribution in [2.45, 2.75) is 11.4 Å². The second kappa shape index (κ2) is 8.19. The maximum Gasteiger partial charge on any atom is 0.268 e. The van der Waals surface area contributed by atoms with Crippen LogP contribution in [0.3, 0.4) is 0 Å². The fourth-order valence-electron chi connectivity index (χ4n) is 4.46. The lowest BCUT2D eigenvalue weighted by Gasteiger charge is -2.33. The van der Waals surface area contributed by atoms with E-state index in [0.29, 0.717) is 34.9 Å². The molecular weight excluding hydrogens is 446 g/mol. The Morgan fingerprint density at radius 2 is 1.91 bits per heavy atom. The highest BCUT2D eigenvalue weighted by Crippen LogP contribution is 2.54. The molecule has 1 atom stereocenters. The van der Waals surface area contributed by atoms with E-state index in [0.717, 1.165) is 6.07 Å². The van der Waals surface area contributed by atoms with Crippen molar-refractivity contribution in [3.05, 3.63) is 95.1 Å². The van der Waals surface area contributed by atoms with Gasteiger partial charge in [-0.15, -0.1) is 11.8 Å². The highest BCUT2D eigenvalue weighted by atomic mass is 32.2. The third-order valence-corrected chi connectivity index (χ3v) is 7.43. The molecule has 2 heterocycles. The van der Waals surface area contributed by atoms with Crippen molar-refractivity contribution in [2.24, 2.45) is 0 Å². The predicted octanol–water partition coefficient (Wildman–Crippen LogP) is 4.56. The number of rotatable bonds is 4. The first-order valence-electron chi connectivity index (χ1n) is 10.4. The van der Waals surface area contributed by atoms with Crippen molar-refractivity contribution in [3.63, 3.8) is 0 Å². The lowest BCUT2D eigenvalue weighted by molar-refractivity contribution is -0.123. The van der Waals surface area contributed by atoms with Crippen LogP contribution in [0.15, 0.2) is 66.7 Å². The van der Waals surface area contributed by atoms with Gasteiger partial charge in [0.1, 0.15) is 17.4 Å². The van der Waals surface area contributed by atoms with Gasteiger partial charge in [0.2, 0.25) is 0 Å². The second-order valence-electron chi connectivity index (χ2n) is 7.83. The minimum absolute atomic E-state index is 0.0640. The normalized spacial score (nSPS) is 19.3. The van der Waals surface area contributed by atoms with Gasteiger partial charge in [-0.1, -0.05) is 30.3 Å². The number of benzene rings is 3. The minimum atomic E-state index is -1.24. The summed E-state index contributed by atoms with van der Waals surface area (Å²) < 4.78 is 33.1. The van der Waals surface area contributed by atoms with Gasteiger partial charge in [-0.25, -0.2) is 8.78 Å². The summed E-state index contributed by atoms with van der Waals surface area (Å²) in [5.74, 6) is -0.864. The van der Waals surface area contributed by atoms with Crippen molar-refractivity contribution in [2.75, 3.05) is 24.3 Å². The van der Waals surface area contributed by atoms with E-state index >= 15 is 0 Å². The van der Waals surface area contributed by atoms with Crippen molar-refractivity contribution >= 4 is 29.3 Å². The van der Waals surface area contributed by atoms with Crippen LogP contribution in [-0.2, 0) is 16.2 Å². The highest BCUT2D eigenvalue weighted by molar-refractivity contribution is 8.01. The smallest absolute Gasteiger partial charge is 0.268 e. The standard InChI is InChI=1S/C25H20F2N2O3S/c1-32-19-6-4-5-16(13-19)23(30)29-11-12-33-25(29)20-7-2-3-8-22(20)28(24(25)31)15-17-9-10-18(26)14-21(17)27/h2-10,13-14H,11-12,15H2,1H3/t25-/m0/s1. The van der Waals surface area contributed by atoms with Crippen LogP contribution < -0.4 is 9.64 Å². The molecular formula is C25H20F2N2O3S. The Morgan fingerprint density at radius 3 is 2.70 bits per heavy atom. The summed E-state index contributed by atoms with van der Waals surface area (Å²) in [6, 6.07) is 17.4. The largest absolute Gasteiger partial charge is 0.497 e. The first kappa shape index (κ1) is 21.5. The van der Waals surface area contributed by atoms with Crippen LogP contribution in [-0.4, -0.2) is 36.1 Å². The quantitative estimate of drug-likeness (QED) is 0.566. The molecule has 0 aromatic heterocycles. The molecule has 168 valence electrons. The zero-order chi connectivity index (χ0) is 23.2. The Labute approximate surface area is 193 Å². The van der Waals surface area contributed by atoms with Gasteiger partial charge in [0.25, 0.3) is 11.8 Å². The molecule has 0 unspecified atom stereocenters. The van der Waals surface area contributed by atoms with Crippen LogP contribution >= 0.6 is 11.8 Å². The number of halogens is 2. The fourth-order valence-corrected chi connectivity index (χ4v) is 5.92. The Kier molecular flexibility index (Phi) is 5.32. The summed E-state index contributed by atoms with van der Waals surface area (Å²) in [5, 5.41) is 0. The van der Waals surface area contributed by atoms with Crippen LogP contribution in [0.4, 0.5) is 14.5 Å². The molecule has 1 spiro atoms. The SMILES string of the molecule is COc1cccc(C(=O)N2CCS[C@@]23C(=O)N(Cc2ccc(F)cc2F)c2ccccc23)c1. The van der Waals surface area contributed by atoms with Crippen molar-refractivity contribution in [3.8, 4) is 5.75 Å². The van der Waals surface area contributed by atoms with E-state index in [1.54, 1.807) is 41.3 Å². The van der Waals surface area contributed by atoms with Gasteiger partial charge in [0, 0.05) is 35.1 Å². The number of para-hydroxylation sites is 1. The average Bonchev–Trinajstić information content (AvgIpc) is 3.37. The summed E-state index contributed by atoms with van der Waals surface area (Å²) in [6.45, 7) is 0.324. The summed E-state index contributed by atoms with van der Waals surface area (Å²) in [7, 11) is 1.53. The minimum Gasteiger partial charge on any atom is -0.497 e. The molecule has 3 aromatic rings. The van der Waals surface area contributed by atoms with E-state index in [4.69, 9.17) is 4.74 Å². The molecule has 2 aliphatic heterocycles. The molecule has 1 saturated heterocycles. The predicted molar refractivity (Wildman–Crippen MR) is 122 cm³/mol. The molecule has 0 bridgehead atoms. The lowest BCUT2D eigenvalue weighted by atomic mass is 10.0. The molecule has 1 fully saturated rings. The Bertz CT molecular complexity index is 1270. The number of nitrogens with zero attached hydrogens (tertiary/aromatic N) is 2. The van der Waals surface area contributed by atoms with Gasteiger partial charge in [-0.05, 0) is 30.3 Å². The Morgan fingerprint density at radius 1 is 1.09 bits per heavy atom. The van der Waals surface area contributed by atoms with E-state index in [1.807, 2.05) is 12.1 Å². The maximum absolute atomic E-state index is 14.4. The van der Waals surface area contributed by atoms with Crippen LogP contribution in [0.1, 0.15) is 21.5 Å². The maximum atomic E-state index is 14.4. The van der Waals surface area contributed by atoms with Crippen LogP contribution in [0.5, 0.6) is 5.75 Å². The summed E-state index contributed by atoms with van der Waals surface area (Å²) in [6.07, 6.45) is 0. The summed E-state index contributed by atoms with van der Waals surface area (Å²) >= 11 is 1.39. The third kappa shape index (κ3) is 3.36. The molecule has 0 saturated carbocycles. The number of hydrogen-bond acceptors (Lipinski definition) is 4. The van der Waals surface area contributed by atoms with Gasteiger partial charge in [0.05, 0.1) is 19.3 Å². The topological polar surface area (TPSA) is 49.9 Å². The van der Waals surface area contributed by atoms with E-state index in [9.17, 15) is 18.4 Å². The molecule has 0 aliphatic carbocycles. The molecule has 0 N–H and O–H groups in total. The van der Waals surface area contributed by atoms with Crippen molar-refractivity contribution < 1.29 is 23.1 Å². The number of thioether (sulfide) groups is 1. The number of carbonyl (C=O) groups is 2. The number of fused-ring (bicyclic) bond motifs is 2. The first-order valence-corrected chi connectivity index (χ1v) is 11.4. The Balaban J connectivity index is 1.57. The van der Waals surface area contributed by atoms with Crippen molar-refractivity contribution in [1.82, 2.24) is 4.90 Å². The van der Waals surface area contributed by atoms with E-state index in [2.05, 4.69) is 0 Å². The Hall–Kier alpha value is -3.39. The molecule has 5 nitrogen and oxygen atoms in total. The van der Waals surface area contributed by atoms with Gasteiger partial charge < -0.3 is 14.5 Å². The zero-order valence-corrected chi connectivity index (χ0v) is 18.6. The number of anilines is 1. The first-order chi connectivity index (χ1) is 16.0. The number of ether oxygens (including phenoxy) is 1. The second-order valence-corrected chi connectivity index (χ2v) is 9.11. The molecule has 33 heavy (non-hydrogen) atoms. The van der Waals surface area contributed by atoms with Crippen LogP contribution in [0.2, 0.25) is 0 Å². The van der Waals surface area contributed by atoms with E-state index in [-0.39, 0.29) is 23.9 Å². The van der Waals surface area contributed by atoms with E-state index < -0.39 is 16.5 Å². The van der Waals surface area contributed by atoms with Crippen molar-refractivity contribution in [1.29, 1.82) is 0 Å². The fraction of sp³-hybridized carbons (Fsp3) is 0.200. The zero-order valence-electron chi connectivity index (χ0n) is 17.8. The van der Waals surface area contributed by atoms with E-state index in [1.165, 1.54) is 35.9 Å². The van der Waals surface area contributed by atoms with Crippen LogP contribution in [0, 0.1) is 11.6 Å². The van der Waals surface area contributed by atoms with Crippen LogP contribution in [0.25, 0.3) is 0 Å². The molecule has 5 rings (SSSR count).